The first-order valence-electron chi connectivity index (χ1n) is 12.1. The van der Waals surface area contributed by atoms with Gasteiger partial charge in [-0.15, -0.1) is 0 Å². The molecule has 0 fully saturated rings. The molecule has 0 atom stereocenters. The van der Waals surface area contributed by atoms with Crippen molar-refractivity contribution >= 4 is 10.8 Å². The third-order valence-corrected chi connectivity index (χ3v) is 6.28. The Labute approximate surface area is 216 Å². The number of hydrogen-bond acceptors (Lipinski definition) is 2. The SMILES string of the molecule is COCc1ccc(CCc2ccc3c(F)c(CCc4ccc(OCC(F)(F)F)c(F)c4)ccc3c2)c(F)c1. The van der Waals surface area contributed by atoms with Crippen LogP contribution >= 0.6 is 0 Å². The third-order valence-electron chi connectivity index (χ3n) is 6.28. The van der Waals surface area contributed by atoms with Crippen molar-refractivity contribution in [2.45, 2.75) is 38.5 Å². The van der Waals surface area contributed by atoms with Crippen molar-refractivity contribution in [2.24, 2.45) is 0 Å². The summed E-state index contributed by atoms with van der Waals surface area (Å²) < 4.78 is 90.1. The largest absolute Gasteiger partial charge is 0.481 e. The highest BCUT2D eigenvalue weighted by Gasteiger charge is 2.29. The lowest BCUT2D eigenvalue weighted by Gasteiger charge is -2.11. The van der Waals surface area contributed by atoms with Crippen LogP contribution in [0.1, 0.15) is 27.8 Å². The van der Waals surface area contributed by atoms with Gasteiger partial charge in [0.2, 0.25) is 0 Å². The van der Waals surface area contributed by atoms with E-state index in [0.29, 0.717) is 47.9 Å². The summed E-state index contributed by atoms with van der Waals surface area (Å²) in [5.41, 5.74) is 3.28. The van der Waals surface area contributed by atoms with Crippen molar-refractivity contribution in [3.8, 4) is 5.75 Å². The van der Waals surface area contributed by atoms with Crippen LogP contribution in [0.15, 0.2) is 66.7 Å². The second-order valence-corrected chi connectivity index (χ2v) is 9.12. The highest BCUT2D eigenvalue weighted by atomic mass is 19.4. The number of methoxy groups -OCH3 is 1. The fourth-order valence-corrected chi connectivity index (χ4v) is 4.32. The first-order valence-corrected chi connectivity index (χ1v) is 12.1. The van der Waals surface area contributed by atoms with Crippen LogP contribution in [-0.2, 0) is 37.0 Å². The molecule has 4 aromatic rings. The van der Waals surface area contributed by atoms with Crippen molar-refractivity contribution in [2.75, 3.05) is 13.7 Å². The summed E-state index contributed by atoms with van der Waals surface area (Å²) in [4.78, 5) is 0. The van der Waals surface area contributed by atoms with Crippen LogP contribution in [0.25, 0.3) is 10.8 Å². The van der Waals surface area contributed by atoms with E-state index in [2.05, 4.69) is 4.74 Å². The van der Waals surface area contributed by atoms with Gasteiger partial charge >= 0.3 is 6.18 Å². The van der Waals surface area contributed by atoms with Gasteiger partial charge in [-0.25, -0.2) is 13.2 Å². The van der Waals surface area contributed by atoms with Crippen molar-refractivity contribution in [1.29, 1.82) is 0 Å². The molecule has 0 saturated carbocycles. The number of benzene rings is 4. The molecule has 0 radical (unpaired) electrons. The van der Waals surface area contributed by atoms with E-state index in [0.717, 1.165) is 28.6 Å². The zero-order valence-electron chi connectivity index (χ0n) is 20.7. The maximum absolute atomic E-state index is 15.2. The molecule has 0 heterocycles. The molecule has 0 amide bonds. The molecule has 0 aliphatic carbocycles. The van der Waals surface area contributed by atoms with Gasteiger partial charge in [0.25, 0.3) is 0 Å². The third kappa shape index (κ3) is 7.07. The van der Waals surface area contributed by atoms with Crippen LogP contribution in [0.5, 0.6) is 5.75 Å². The van der Waals surface area contributed by atoms with Gasteiger partial charge in [-0.2, -0.15) is 13.2 Å². The lowest BCUT2D eigenvalue weighted by molar-refractivity contribution is -0.153. The summed E-state index contributed by atoms with van der Waals surface area (Å²) in [5.74, 6) is -2.03. The summed E-state index contributed by atoms with van der Waals surface area (Å²) in [6.07, 6.45) is -2.89. The Morgan fingerprint density at radius 1 is 0.658 bits per heavy atom. The molecule has 0 unspecified atom stereocenters. The van der Waals surface area contributed by atoms with Crippen LogP contribution in [0, 0.1) is 17.5 Å². The Morgan fingerprint density at radius 2 is 1.29 bits per heavy atom. The van der Waals surface area contributed by atoms with E-state index in [4.69, 9.17) is 4.74 Å². The van der Waals surface area contributed by atoms with Crippen molar-refractivity contribution in [3.63, 3.8) is 0 Å². The number of hydrogen-bond donors (Lipinski definition) is 0. The summed E-state index contributed by atoms with van der Waals surface area (Å²) in [7, 11) is 1.56. The molecule has 38 heavy (non-hydrogen) atoms. The van der Waals surface area contributed by atoms with Gasteiger partial charge in [0.05, 0.1) is 6.61 Å². The number of ether oxygens (including phenoxy) is 2. The molecule has 4 aromatic carbocycles. The van der Waals surface area contributed by atoms with Crippen LogP contribution < -0.4 is 4.74 Å². The zero-order chi connectivity index (χ0) is 27.3. The van der Waals surface area contributed by atoms with Gasteiger partial charge in [0, 0.05) is 12.5 Å². The van der Waals surface area contributed by atoms with Crippen molar-refractivity contribution < 1.29 is 35.8 Å². The van der Waals surface area contributed by atoms with Gasteiger partial charge in [0.15, 0.2) is 18.2 Å². The van der Waals surface area contributed by atoms with E-state index in [9.17, 15) is 22.0 Å². The first-order chi connectivity index (χ1) is 18.1. The molecule has 200 valence electrons. The number of fused-ring (bicyclic) bond motifs is 1. The summed E-state index contributed by atoms with van der Waals surface area (Å²) in [5, 5.41) is 1.17. The minimum Gasteiger partial charge on any atom is -0.481 e. The number of halogens is 6. The predicted molar refractivity (Wildman–Crippen MR) is 134 cm³/mol. The number of rotatable bonds is 10. The Morgan fingerprint density at radius 3 is 1.97 bits per heavy atom. The predicted octanol–water partition coefficient (Wildman–Crippen LogP) is 7.92. The second-order valence-electron chi connectivity index (χ2n) is 9.12. The molecule has 8 heteroatoms. The smallest absolute Gasteiger partial charge is 0.422 e. The quantitative estimate of drug-likeness (QED) is 0.193. The van der Waals surface area contributed by atoms with Crippen LogP contribution in [0.4, 0.5) is 26.3 Å². The molecule has 0 aliphatic heterocycles. The van der Waals surface area contributed by atoms with Crippen LogP contribution in [-0.4, -0.2) is 19.9 Å². The van der Waals surface area contributed by atoms with Gasteiger partial charge in [-0.05, 0) is 77.1 Å². The minimum atomic E-state index is -4.56. The number of aryl methyl sites for hydroxylation is 4. The van der Waals surface area contributed by atoms with E-state index < -0.39 is 24.3 Å². The molecule has 0 spiro atoms. The summed E-state index contributed by atoms with van der Waals surface area (Å²) in [6, 6.07) is 17.7. The molecule has 0 saturated heterocycles. The topological polar surface area (TPSA) is 18.5 Å². The van der Waals surface area contributed by atoms with Gasteiger partial charge in [-0.1, -0.05) is 48.5 Å². The summed E-state index contributed by atoms with van der Waals surface area (Å²) in [6.45, 7) is -1.23. The maximum atomic E-state index is 15.2. The maximum Gasteiger partial charge on any atom is 0.422 e. The lowest BCUT2D eigenvalue weighted by atomic mass is 9.97. The molecular weight excluding hydrogens is 506 g/mol. The van der Waals surface area contributed by atoms with Crippen molar-refractivity contribution in [1.82, 2.24) is 0 Å². The second kappa shape index (κ2) is 11.9. The molecule has 0 bridgehead atoms. The Hall–Kier alpha value is -3.52. The minimum absolute atomic E-state index is 0.278. The van der Waals surface area contributed by atoms with Gasteiger partial charge in [-0.3, -0.25) is 0 Å². The molecule has 4 rings (SSSR count). The monoisotopic (exact) mass is 532 g/mol. The Kier molecular flexibility index (Phi) is 8.62. The highest BCUT2D eigenvalue weighted by Crippen LogP contribution is 2.26. The molecule has 0 aromatic heterocycles. The molecule has 0 N–H and O–H groups in total. The first kappa shape index (κ1) is 27.5. The number of alkyl halides is 3. The summed E-state index contributed by atoms with van der Waals surface area (Å²) >= 11 is 0. The molecule has 0 aliphatic rings. The average molecular weight is 533 g/mol. The fourth-order valence-electron chi connectivity index (χ4n) is 4.32. The van der Waals surface area contributed by atoms with Gasteiger partial charge in [0.1, 0.15) is 11.6 Å². The average Bonchev–Trinajstić information content (AvgIpc) is 2.87. The molecular formula is C30H26F6O2. The Balaban J connectivity index is 1.40. The van der Waals surface area contributed by atoms with Crippen LogP contribution in [0.2, 0.25) is 0 Å². The Bertz CT molecular complexity index is 1410. The van der Waals surface area contributed by atoms with Crippen molar-refractivity contribution in [3.05, 3.63) is 112 Å². The fraction of sp³-hybridized carbons (Fsp3) is 0.267. The van der Waals surface area contributed by atoms with E-state index in [1.54, 1.807) is 25.3 Å². The zero-order valence-corrected chi connectivity index (χ0v) is 20.7. The lowest BCUT2D eigenvalue weighted by Crippen LogP contribution is -2.19. The van der Waals surface area contributed by atoms with E-state index in [1.165, 1.54) is 12.1 Å². The van der Waals surface area contributed by atoms with E-state index in [1.807, 2.05) is 24.3 Å². The van der Waals surface area contributed by atoms with E-state index in [-0.39, 0.29) is 18.1 Å². The highest BCUT2D eigenvalue weighted by molar-refractivity contribution is 5.84. The molecule has 2 nitrogen and oxygen atoms in total. The van der Waals surface area contributed by atoms with Gasteiger partial charge < -0.3 is 9.47 Å². The van der Waals surface area contributed by atoms with E-state index >= 15 is 4.39 Å². The normalized spacial score (nSPS) is 11.8. The van der Waals surface area contributed by atoms with Crippen LogP contribution in [0.3, 0.4) is 0 Å². The standard InChI is InChI=1S/C30H26F6O2/c1-37-17-21-4-8-22(26(31)16-21)7-2-19-5-12-25-24(14-19)11-10-23(29(25)33)9-3-20-6-13-28(27(32)15-20)38-18-30(34,35)36/h4-6,8,10-16H,2-3,7,9,17-18H2,1H3.